The van der Waals surface area contributed by atoms with E-state index in [1.165, 1.54) is 6.20 Å². The smallest absolute Gasteiger partial charge is 0.405 e. The number of benzene rings is 1. The molecule has 1 aromatic carbocycles. The summed E-state index contributed by atoms with van der Waals surface area (Å²) in [7, 11) is 0. The van der Waals surface area contributed by atoms with Gasteiger partial charge in [-0.15, -0.1) is 0 Å². The van der Waals surface area contributed by atoms with Gasteiger partial charge in [-0.1, -0.05) is 26.0 Å². The van der Waals surface area contributed by atoms with Crippen molar-refractivity contribution in [3.05, 3.63) is 47.7 Å². The molecule has 3 rings (SSSR count). The quantitative estimate of drug-likeness (QED) is 0.668. The van der Waals surface area contributed by atoms with Gasteiger partial charge in [-0.25, -0.2) is 9.78 Å². The summed E-state index contributed by atoms with van der Waals surface area (Å²) in [5, 5.41) is 13.6. The maximum atomic E-state index is 12.1. The highest BCUT2D eigenvalue weighted by molar-refractivity contribution is 5.96. The van der Waals surface area contributed by atoms with Crippen molar-refractivity contribution in [1.82, 2.24) is 10.3 Å². The highest BCUT2D eigenvalue weighted by Gasteiger charge is 2.26. The fourth-order valence-corrected chi connectivity index (χ4v) is 3.12. The summed E-state index contributed by atoms with van der Waals surface area (Å²) in [6.45, 7) is 4.36. The molecular weight excluding hydrogens is 362 g/mol. The van der Waals surface area contributed by atoms with Crippen LogP contribution in [0.1, 0.15) is 43.9 Å². The lowest BCUT2D eigenvalue weighted by Crippen LogP contribution is -2.42. The molecule has 0 saturated heterocycles. The average molecular weight is 385 g/mol. The Morgan fingerprint density at radius 2 is 2.14 bits per heavy atom. The Morgan fingerprint density at radius 3 is 2.79 bits per heavy atom. The first-order valence-corrected chi connectivity index (χ1v) is 9.19. The fourth-order valence-electron chi connectivity index (χ4n) is 3.12. The molecule has 0 radical (unpaired) electrons. The Morgan fingerprint density at radius 1 is 1.32 bits per heavy atom. The molecule has 148 valence electrons. The van der Waals surface area contributed by atoms with E-state index in [0.717, 1.165) is 17.5 Å². The van der Waals surface area contributed by atoms with E-state index < -0.39 is 18.0 Å². The minimum atomic E-state index is -1.24. The van der Waals surface area contributed by atoms with Crippen molar-refractivity contribution in [3.63, 3.8) is 0 Å². The molecule has 1 aliphatic heterocycles. The third-order valence-corrected chi connectivity index (χ3v) is 4.53. The van der Waals surface area contributed by atoms with Gasteiger partial charge in [0.25, 0.3) is 0 Å². The first-order valence-electron chi connectivity index (χ1n) is 9.19. The molecule has 2 aromatic rings. The van der Waals surface area contributed by atoms with Gasteiger partial charge in [0.15, 0.2) is 0 Å². The van der Waals surface area contributed by atoms with E-state index in [2.05, 4.69) is 22.5 Å². The number of ether oxygens (including phenoxy) is 2. The van der Waals surface area contributed by atoms with E-state index in [0.29, 0.717) is 30.3 Å². The lowest BCUT2D eigenvalue weighted by Gasteiger charge is -2.15. The minimum absolute atomic E-state index is 0.0115. The maximum Gasteiger partial charge on any atom is 0.405 e. The van der Waals surface area contributed by atoms with Crippen LogP contribution >= 0.6 is 0 Å². The van der Waals surface area contributed by atoms with E-state index >= 15 is 0 Å². The molecule has 2 atom stereocenters. The Balaban J connectivity index is 1.68. The topological polar surface area (TPSA) is 110 Å². The lowest BCUT2D eigenvalue weighted by molar-refractivity contribution is -0.118. The number of fused-ring (bicyclic) bond motifs is 1. The summed E-state index contributed by atoms with van der Waals surface area (Å²) in [5.41, 5.74) is 2.62. The highest BCUT2D eigenvalue weighted by Crippen LogP contribution is 2.40. The Kier molecular flexibility index (Phi) is 6.10. The van der Waals surface area contributed by atoms with Gasteiger partial charge < -0.3 is 25.2 Å². The molecule has 1 aromatic heterocycles. The van der Waals surface area contributed by atoms with Crippen molar-refractivity contribution >= 4 is 17.7 Å². The van der Waals surface area contributed by atoms with Gasteiger partial charge in [0.05, 0.1) is 24.6 Å². The molecule has 28 heavy (non-hydrogen) atoms. The predicted molar refractivity (Wildman–Crippen MR) is 102 cm³/mol. The zero-order valence-corrected chi connectivity index (χ0v) is 15.8. The fraction of sp³-hybridized carbons (Fsp3) is 0.350. The van der Waals surface area contributed by atoms with Gasteiger partial charge in [0.1, 0.15) is 11.8 Å². The normalized spacial score (nSPS) is 16.1. The number of amides is 2. The monoisotopic (exact) mass is 385 g/mol. The summed E-state index contributed by atoms with van der Waals surface area (Å²) in [6.07, 6.45) is 1.44. The summed E-state index contributed by atoms with van der Waals surface area (Å²) < 4.78 is 11.7. The predicted octanol–water partition coefficient (Wildman–Crippen LogP) is 3.84. The number of pyridine rings is 1. The molecule has 1 aliphatic rings. The highest BCUT2D eigenvalue weighted by atomic mass is 16.5. The third-order valence-electron chi connectivity index (χ3n) is 4.53. The number of aromatic nitrogens is 1. The molecule has 2 heterocycles. The van der Waals surface area contributed by atoms with Crippen LogP contribution in [0.3, 0.4) is 0 Å². The Labute approximate surface area is 162 Å². The zero-order valence-electron chi connectivity index (χ0n) is 15.8. The number of carbonyl (C=O) groups excluding carboxylic acids is 1. The van der Waals surface area contributed by atoms with Gasteiger partial charge in [-0.2, -0.15) is 0 Å². The van der Waals surface area contributed by atoms with Crippen molar-refractivity contribution in [3.8, 4) is 11.6 Å². The first-order chi connectivity index (χ1) is 13.5. The summed E-state index contributed by atoms with van der Waals surface area (Å²) in [5.74, 6) is 0.663. The number of hydrogen-bond acceptors (Lipinski definition) is 5. The number of rotatable bonds is 7. The van der Waals surface area contributed by atoms with Gasteiger partial charge in [0.2, 0.25) is 11.8 Å². The van der Waals surface area contributed by atoms with Crippen LogP contribution in [0, 0.1) is 0 Å². The van der Waals surface area contributed by atoms with Crippen LogP contribution in [-0.2, 0) is 16.1 Å². The molecule has 8 heteroatoms. The number of nitrogens with zero attached hydrogens (tertiary/aromatic N) is 1. The van der Waals surface area contributed by atoms with Crippen LogP contribution in [0.4, 0.5) is 10.5 Å². The van der Waals surface area contributed by atoms with Crippen LogP contribution in [0.2, 0.25) is 0 Å². The van der Waals surface area contributed by atoms with Crippen LogP contribution in [0.15, 0.2) is 36.5 Å². The Bertz CT molecular complexity index is 853. The molecule has 1 unspecified atom stereocenters. The van der Waals surface area contributed by atoms with Crippen molar-refractivity contribution < 1.29 is 24.2 Å². The second-order valence-corrected chi connectivity index (χ2v) is 6.42. The van der Waals surface area contributed by atoms with Gasteiger partial charge in [-0.05, 0) is 30.5 Å². The summed E-state index contributed by atoms with van der Waals surface area (Å²) >= 11 is 0. The van der Waals surface area contributed by atoms with Crippen LogP contribution in [-0.4, -0.2) is 28.1 Å². The standard InChI is InChI=1S/C20H23N3O5/c1-3-14(23-20(25)26)19(24)22-13-8-9-17(21-10-13)28-16-7-5-6-12-11-27-15(4-2)18(12)16/h5-10,14-15,23H,3-4,11H2,1-2H3,(H,22,24)(H,25,26)/t14-,15?/m1/s1. The van der Waals surface area contributed by atoms with Gasteiger partial charge in [0, 0.05) is 11.6 Å². The van der Waals surface area contributed by atoms with Crippen molar-refractivity contribution in [2.75, 3.05) is 5.32 Å². The third kappa shape index (κ3) is 4.40. The van der Waals surface area contributed by atoms with E-state index in [4.69, 9.17) is 14.6 Å². The van der Waals surface area contributed by atoms with E-state index in [1.54, 1.807) is 19.1 Å². The second kappa shape index (κ2) is 8.71. The van der Waals surface area contributed by atoms with Crippen molar-refractivity contribution in [2.24, 2.45) is 0 Å². The zero-order chi connectivity index (χ0) is 20.1. The number of anilines is 1. The van der Waals surface area contributed by atoms with Gasteiger partial charge >= 0.3 is 6.09 Å². The SMILES string of the molecule is CCC1OCc2cccc(Oc3ccc(NC(=O)[C@@H](CC)NC(=O)O)cn3)c21. The van der Waals surface area contributed by atoms with E-state index in [-0.39, 0.29) is 6.10 Å². The minimum Gasteiger partial charge on any atom is -0.465 e. The molecule has 0 fully saturated rings. The molecule has 3 N–H and O–H groups in total. The number of nitrogens with one attached hydrogen (secondary N) is 2. The maximum absolute atomic E-state index is 12.1. The first kappa shape index (κ1) is 19.6. The van der Waals surface area contributed by atoms with Crippen LogP contribution in [0.5, 0.6) is 11.6 Å². The Hall–Kier alpha value is -3.13. The van der Waals surface area contributed by atoms with Crippen molar-refractivity contribution in [1.29, 1.82) is 0 Å². The molecular formula is C20H23N3O5. The molecule has 2 amide bonds. The molecule has 0 aliphatic carbocycles. The van der Waals surface area contributed by atoms with E-state index in [1.807, 2.05) is 18.2 Å². The summed E-state index contributed by atoms with van der Waals surface area (Å²) in [6, 6.07) is 8.31. The lowest BCUT2D eigenvalue weighted by atomic mass is 10.0. The molecule has 0 spiro atoms. The number of carboxylic acid groups (broad SMARTS) is 1. The molecule has 0 saturated carbocycles. The molecule has 0 bridgehead atoms. The van der Waals surface area contributed by atoms with Crippen LogP contribution < -0.4 is 15.4 Å². The largest absolute Gasteiger partial charge is 0.465 e. The molecule has 8 nitrogen and oxygen atoms in total. The van der Waals surface area contributed by atoms with Crippen molar-refractivity contribution in [2.45, 2.75) is 45.4 Å². The average Bonchev–Trinajstić information content (AvgIpc) is 3.11. The van der Waals surface area contributed by atoms with Gasteiger partial charge in [-0.3, -0.25) is 4.79 Å². The number of hydrogen-bond donors (Lipinski definition) is 3. The number of carbonyl (C=O) groups is 2. The van der Waals surface area contributed by atoms with Crippen LogP contribution in [0.25, 0.3) is 0 Å². The second-order valence-electron chi connectivity index (χ2n) is 6.42. The van der Waals surface area contributed by atoms with E-state index in [9.17, 15) is 9.59 Å². The summed E-state index contributed by atoms with van der Waals surface area (Å²) in [4.78, 5) is 27.1.